The molecule has 2 rings (SSSR count). The molecular weight excluding hydrogens is 421 g/mol. The lowest BCUT2D eigenvalue weighted by molar-refractivity contribution is 0.0754. The molecule has 7 nitrogen and oxygen atoms in total. The van der Waals surface area contributed by atoms with Crippen LogP contribution >= 0.6 is 0 Å². The molecule has 2 aromatic rings. The van der Waals surface area contributed by atoms with Crippen LogP contribution in [-0.4, -0.2) is 44.8 Å². The molecule has 2 N–H and O–H groups in total. The topological polar surface area (TPSA) is 95.6 Å². The molecule has 0 aliphatic rings. The van der Waals surface area contributed by atoms with E-state index < -0.39 is 26.6 Å². The van der Waals surface area contributed by atoms with Crippen molar-refractivity contribution in [2.24, 2.45) is 0 Å². The van der Waals surface area contributed by atoms with Gasteiger partial charge in [0.15, 0.2) is 0 Å². The highest BCUT2D eigenvalue weighted by Gasteiger charge is 2.20. The molecule has 0 radical (unpaired) electrons. The molecule has 0 atom stereocenters. The van der Waals surface area contributed by atoms with Gasteiger partial charge in [0.2, 0.25) is 10.0 Å². The number of benzene rings is 2. The van der Waals surface area contributed by atoms with Crippen molar-refractivity contribution in [1.29, 1.82) is 0 Å². The van der Waals surface area contributed by atoms with Crippen molar-refractivity contribution in [1.82, 2.24) is 14.9 Å². The molecule has 0 aromatic heterocycles. The lowest BCUT2D eigenvalue weighted by Crippen LogP contribution is -2.32. The second kappa shape index (κ2) is 10.3. The number of sulfonamides is 1. The summed E-state index contributed by atoms with van der Waals surface area (Å²) in [5, 5.41) is 2.66. The van der Waals surface area contributed by atoms with Gasteiger partial charge in [0.05, 0.1) is 0 Å². The van der Waals surface area contributed by atoms with Crippen LogP contribution in [0.1, 0.15) is 40.1 Å². The Kier molecular flexibility index (Phi) is 8.07. The highest BCUT2D eigenvalue weighted by atomic mass is 32.2. The molecule has 0 unspecified atom stereocenters. The van der Waals surface area contributed by atoms with E-state index >= 15 is 0 Å². The molecule has 31 heavy (non-hydrogen) atoms. The van der Waals surface area contributed by atoms with E-state index in [-0.39, 0.29) is 30.6 Å². The Labute approximate surface area is 182 Å². The van der Waals surface area contributed by atoms with Gasteiger partial charge in [-0.2, -0.15) is 0 Å². The summed E-state index contributed by atoms with van der Waals surface area (Å²) in [7, 11) is -2.39. The molecule has 0 saturated carbocycles. The van der Waals surface area contributed by atoms with Crippen molar-refractivity contribution in [2.75, 3.05) is 13.6 Å². The molecule has 0 spiro atoms. The average Bonchev–Trinajstić information content (AvgIpc) is 2.75. The van der Waals surface area contributed by atoms with Gasteiger partial charge >= 0.3 is 0 Å². The molecule has 0 bridgehead atoms. The normalized spacial score (nSPS) is 11.3. The van der Waals surface area contributed by atoms with Gasteiger partial charge in [-0.1, -0.05) is 18.2 Å². The Balaban J connectivity index is 2.09. The van der Waals surface area contributed by atoms with Crippen molar-refractivity contribution in [3.05, 3.63) is 77.6 Å². The van der Waals surface area contributed by atoms with Crippen molar-refractivity contribution < 1.29 is 22.4 Å². The largest absolute Gasteiger partial charge is 0.348 e. The van der Waals surface area contributed by atoms with Crippen LogP contribution in [0.4, 0.5) is 4.39 Å². The monoisotopic (exact) mass is 447 g/mol. The second-order valence-electron chi connectivity index (χ2n) is 7.18. The molecule has 0 aliphatic heterocycles. The summed E-state index contributed by atoms with van der Waals surface area (Å²) in [6.45, 7) is 7.33. The van der Waals surface area contributed by atoms with Gasteiger partial charge in [-0.15, -0.1) is 6.58 Å². The van der Waals surface area contributed by atoms with E-state index in [2.05, 4.69) is 16.6 Å². The molecule has 0 heterocycles. The molecule has 9 heteroatoms. The number of hydrogen-bond donors (Lipinski definition) is 2. The Morgan fingerprint density at radius 1 is 1.13 bits per heavy atom. The summed E-state index contributed by atoms with van der Waals surface area (Å²) in [5.41, 5.74) is 1.29. The van der Waals surface area contributed by atoms with Crippen molar-refractivity contribution in [2.45, 2.75) is 31.3 Å². The van der Waals surface area contributed by atoms with Gasteiger partial charge in [0.25, 0.3) is 11.8 Å². The second-order valence-corrected chi connectivity index (χ2v) is 8.91. The third-order valence-electron chi connectivity index (χ3n) is 4.65. The Hall–Kier alpha value is -3.04. The van der Waals surface area contributed by atoms with E-state index in [1.807, 2.05) is 13.8 Å². The first-order valence-electron chi connectivity index (χ1n) is 9.61. The Bertz CT molecular complexity index is 1070. The van der Waals surface area contributed by atoms with Crippen LogP contribution in [0.2, 0.25) is 0 Å². The zero-order valence-corrected chi connectivity index (χ0v) is 18.5. The summed E-state index contributed by atoms with van der Waals surface area (Å²) >= 11 is 0. The summed E-state index contributed by atoms with van der Waals surface area (Å²) in [5.74, 6) is -1.62. The SMILES string of the molecule is C=CCNS(=O)(=O)c1cc(C(=O)NCc2ccc(C(=O)N(C)C(C)C)cc2)ccc1F. The molecule has 0 saturated heterocycles. The minimum absolute atomic E-state index is 0.00531. The summed E-state index contributed by atoms with van der Waals surface area (Å²) in [6, 6.07) is 10.0. The van der Waals surface area contributed by atoms with Crippen LogP contribution in [0.3, 0.4) is 0 Å². The summed E-state index contributed by atoms with van der Waals surface area (Å²) < 4.78 is 40.5. The molecule has 2 aromatic carbocycles. The Morgan fingerprint density at radius 2 is 1.74 bits per heavy atom. The lowest BCUT2D eigenvalue weighted by atomic mass is 10.1. The van der Waals surface area contributed by atoms with Gasteiger partial charge in [-0.3, -0.25) is 9.59 Å². The van der Waals surface area contributed by atoms with Crippen LogP contribution in [0.5, 0.6) is 0 Å². The molecule has 166 valence electrons. The van der Waals surface area contributed by atoms with Crippen LogP contribution in [0.25, 0.3) is 0 Å². The standard InChI is InChI=1S/C22H26FN3O4S/c1-5-12-25-31(29,30)20-13-18(10-11-19(20)23)21(27)24-14-16-6-8-17(9-7-16)22(28)26(4)15(2)3/h5-11,13,15,25H,1,12,14H2,2-4H3,(H,24,27). The van der Waals surface area contributed by atoms with E-state index in [4.69, 9.17) is 0 Å². The first-order chi connectivity index (χ1) is 14.6. The quantitative estimate of drug-likeness (QED) is 0.578. The van der Waals surface area contributed by atoms with Crippen LogP contribution in [-0.2, 0) is 16.6 Å². The van der Waals surface area contributed by atoms with E-state index in [0.717, 1.165) is 17.7 Å². The maximum atomic E-state index is 14.0. The summed E-state index contributed by atoms with van der Waals surface area (Å²) in [6.07, 6.45) is 1.33. The number of carbonyl (C=O) groups excluding carboxylic acids is 2. The maximum absolute atomic E-state index is 14.0. The predicted molar refractivity (Wildman–Crippen MR) is 117 cm³/mol. The fraction of sp³-hybridized carbons (Fsp3) is 0.273. The van der Waals surface area contributed by atoms with Crippen molar-refractivity contribution in [3.8, 4) is 0 Å². The van der Waals surface area contributed by atoms with E-state index in [0.29, 0.717) is 5.56 Å². The molecule has 0 fully saturated rings. The van der Waals surface area contributed by atoms with Crippen LogP contribution < -0.4 is 10.0 Å². The average molecular weight is 448 g/mol. The van der Waals surface area contributed by atoms with E-state index in [9.17, 15) is 22.4 Å². The third kappa shape index (κ3) is 6.22. The number of halogens is 1. The van der Waals surface area contributed by atoms with Gasteiger partial charge in [0, 0.05) is 37.3 Å². The molecule has 2 amide bonds. The summed E-state index contributed by atoms with van der Waals surface area (Å²) in [4.78, 5) is 25.8. The first-order valence-corrected chi connectivity index (χ1v) is 11.1. The van der Waals surface area contributed by atoms with Gasteiger partial charge < -0.3 is 10.2 Å². The van der Waals surface area contributed by atoms with Gasteiger partial charge in [-0.05, 0) is 49.7 Å². The fourth-order valence-corrected chi connectivity index (χ4v) is 3.68. The lowest BCUT2D eigenvalue weighted by Gasteiger charge is -2.21. The number of nitrogens with zero attached hydrogens (tertiary/aromatic N) is 1. The highest BCUT2D eigenvalue weighted by Crippen LogP contribution is 2.17. The number of amides is 2. The third-order valence-corrected chi connectivity index (χ3v) is 6.09. The number of carbonyl (C=O) groups is 2. The van der Waals surface area contributed by atoms with E-state index in [1.165, 1.54) is 12.1 Å². The van der Waals surface area contributed by atoms with Crippen molar-refractivity contribution in [3.63, 3.8) is 0 Å². The zero-order valence-electron chi connectivity index (χ0n) is 17.7. The minimum Gasteiger partial charge on any atom is -0.348 e. The van der Waals surface area contributed by atoms with Gasteiger partial charge in [-0.25, -0.2) is 17.5 Å². The van der Waals surface area contributed by atoms with Gasteiger partial charge in [0.1, 0.15) is 10.7 Å². The first kappa shape index (κ1) is 24.2. The smallest absolute Gasteiger partial charge is 0.253 e. The minimum atomic E-state index is -4.11. The zero-order chi connectivity index (χ0) is 23.2. The number of nitrogens with one attached hydrogen (secondary N) is 2. The maximum Gasteiger partial charge on any atom is 0.253 e. The number of rotatable bonds is 9. The van der Waals surface area contributed by atoms with Crippen molar-refractivity contribution >= 4 is 21.8 Å². The fourth-order valence-electron chi connectivity index (χ4n) is 2.58. The predicted octanol–water partition coefficient (Wildman–Crippen LogP) is 2.70. The molecule has 0 aliphatic carbocycles. The van der Waals surface area contributed by atoms with Crippen LogP contribution in [0.15, 0.2) is 60.0 Å². The highest BCUT2D eigenvalue weighted by molar-refractivity contribution is 7.89. The molecular formula is C22H26FN3O4S. The van der Waals surface area contributed by atoms with Crippen LogP contribution in [0, 0.1) is 5.82 Å². The number of hydrogen-bond acceptors (Lipinski definition) is 4. The van der Waals surface area contributed by atoms with E-state index in [1.54, 1.807) is 36.2 Å². The Morgan fingerprint density at radius 3 is 2.32 bits per heavy atom.